The summed E-state index contributed by atoms with van der Waals surface area (Å²) in [7, 11) is 0. The predicted octanol–water partition coefficient (Wildman–Crippen LogP) is 15.3. The van der Waals surface area contributed by atoms with Gasteiger partial charge in [-0.25, -0.2) is 0 Å². The molecule has 266 valence electrons. The van der Waals surface area contributed by atoms with Gasteiger partial charge in [-0.15, -0.1) is 0 Å². The van der Waals surface area contributed by atoms with E-state index in [0.29, 0.717) is 27.9 Å². The van der Waals surface area contributed by atoms with Crippen molar-refractivity contribution in [3.8, 4) is 16.8 Å². The van der Waals surface area contributed by atoms with Gasteiger partial charge in [-0.3, -0.25) is 0 Å². The Balaban J connectivity index is 1.13. The highest BCUT2D eigenvalue weighted by Crippen LogP contribution is 2.46. The van der Waals surface area contributed by atoms with E-state index in [9.17, 15) is 4.11 Å². The summed E-state index contributed by atoms with van der Waals surface area (Å²) in [4.78, 5) is 1.73. The monoisotopic (exact) mass is 735 g/mol. The molecule has 10 aromatic carbocycles. The first-order chi connectivity index (χ1) is 32.0. The molecular weight excluding hydrogens is 693 g/mol. The lowest BCUT2D eigenvalue weighted by molar-refractivity contribution is 0.669. The van der Waals surface area contributed by atoms with E-state index in [4.69, 9.17) is 12.6 Å². The number of aromatic nitrogens is 1. The van der Waals surface area contributed by atoms with Crippen LogP contribution in [0, 0.1) is 0 Å². The SMILES string of the molecule is [2H]c1c([2H])c([2H])c2c(c1[2H])c([2H])c([2H])c1c([2H])c([2H])c(N(c3ccccc3)c3cccc4oc5ccc6cc(-c7cccc8c7c7ccccc7n8-c7ccccc7)ccc6c5c34)c([2H])c12. The highest BCUT2D eigenvalue weighted by molar-refractivity contribution is 6.24. The first-order valence-electron chi connectivity index (χ1n) is 23.3. The Bertz CT molecular complexity index is 4050. The molecular formula is C54H34N2O. The molecule has 0 aliphatic rings. The molecule has 0 saturated heterocycles. The van der Waals surface area contributed by atoms with E-state index in [0.717, 1.165) is 54.8 Å². The molecule has 3 nitrogen and oxygen atoms in total. The Morgan fingerprint density at radius 2 is 1.19 bits per heavy atom. The van der Waals surface area contributed by atoms with Gasteiger partial charge in [-0.1, -0.05) is 133 Å². The van der Waals surface area contributed by atoms with E-state index in [1.54, 1.807) is 4.90 Å². The number of benzene rings is 10. The number of rotatable bonds is 5. The van der Waals surface area contributed by atoms with Crippen molar-refractivity contribution < 1.29 is 16.8 Å². The van der Waals surface area contributed by atoms with Crippen LogP contribution in [0.3, 0.4) is 0 Å². The summed E-state index contributed by atoms with van der Waals surface area (Å²) in [5.41, 5.74) is 7.66. The maximum atomic E-state index is 9.91. The molecule has 12 rings (SSSR count). The van der Waals surface area contributed by atoms with Crippen molar-refractivity contribution in [3.05, 3.63) is 206 Å². The first kappa shape index (κ1) is 24.0. The highest BCUT2D eigenvalue weighted by Gasteiger charge is 2.22. The van der Waals surface area contributed by atoms with Gasteiger partial charge in [0, 0.05) is 33.2 Å². The molecule has 0 aliphatic heterocycles. The van der Waals surface area contributed by atoms with E-state index < -0.39 is 42.3 Å². The molecule has 12 aromatic rings. The third kappa shape index (κ3) is 4.86. The number of hydrogen-bond acceptors (Lipinski definition) is 2. The van der Waals surface area contributed by atoms with Gasteiger partial charge in [0.05, 0.1) is 34.4 Å². The average Bonchev–Trinajstić information content (AvgIpc) is 3.91. The molecule has 0 atom stereocenters. The van der Waals surface area contributed by atoms with Gasteiger partial charge in [-0.2, -0.15) is 0 Å². The van der Waals surface area contributed by atoms with Gasteiger partial charge in [0.25, 0.3) is 0 Å². The minimum Gasteiger partial charge on any atom is -0.456 e. The van der Waals surface area contributed by atoms with Crippen molar-refractivity contribution in [1.29, 1.82) is 0 Å². The van der Waals surface area contributed by atoms with E-state index in [-0.39, 0.29) is 39.3 Å². The third-order valence-electron chi connectivity index (χ3n) is 11.0. The molecule has 0 N–H and O–H groups in total. The molecule has 57 heavy (non-hydrogen) atoms. The Labute approximate surface area is 341 Å². The molecule has 0 radical (unpaired) electrons. The number of hydrogen-bond donors (Lipinski definition) is 0. The number of para-hydroxylation sites is 3. The van der Waals surface area contributed by atoms with Crippen LogP contribution in [0.15, 0.2) is 210 Å². The summed E-state index contributed by atoms with van der Waals surface area (Å²) in [6.45, 7) is 0. The average molecular weight is 736 g/mol. The van der Waals surface area contributed by atoms with Crippen LogP contribution >= 0.6 is 0 Å². The fraction of sp³-hybridized carbons (Fsp3) is 0. The molecule has 0 amide bonds. The van der Waals surface area contributed by atoms with Gasteiger partial charge < -0.3 is 13.9 Å². The van der Waals surface area contributed by atoms with Crippen LogP contribution in [-0.2, 0) is 0 Å². The fourth-order valence-corrected chi connectivity index (χ4v) is 8.57. The summed E-state index contributed by atoms with van der Waals surface area (Å²) in [5, 5.41) is 5.02. The van der Waals surface area contributed by atoms with Crippen molar-refractivity contribution in [2.24, 2.45) is 0 Å². The molecule has 0 bridgehead atoms. The quantitative estimate of drug-likeness (QED) is 0.164. The lowest BCUT2D eigenvalue weighted by Crippen LogP contribution is -2.10. The van der Waals surface area contributed by atoms with Gasteiger partial charge >= 0.3 is 0 Å². The Morgan fingerprint density at radius 3 is 2.09 bits per heavy atom. The number of anilines is 3. The molecule has 0 aliphatic carbocycles. The van der Waals surface area contributed by atoms with Gasteiger partial charge in [-0.05, 0) is 116 Å². The van der Waals surface area contributed by atoms with E-state index in [1.807, 2.05) is 60.7 Å². The third-order valence-corrected chi connectivity index (χ3v) is 11.0. The highest BCUT2D eigenvalue weighted by atomic mass is 16.3. The van der Waals surface area contributed by atoms with Crippen molar-refractivity contribution in [1.82, 2.24) is 4.57 Å². The smallest absolute Gasteiger partial charge is 0.137 e. The second kappa shape index (κ2) is 12.5. The largest absolute Gasteiger partial charge is 0.456 e. The topological polar surface area (TPSA) is 21.3 Å². The zero-order chi connectivity index (χ0) is 45.3. The van der Waals surface area contributed by atoms with Gasteiger partial charge in [0.15, 0.2) is 0 Å². The first-order valence-corrected chi connectivity index (χ1v) is 18.8. The van der Waals surface area contributed by atoms with Gasteiger partial charge in [0.2, 0.25) is 0 Å². The molecule has 0 fully saturated rings. The number of furan rings is 1. The zero-order valence-electron chi connectivity index (χ0n) is 39.2. The van der Waals surface area contributed by atoms with Crippen molar-refractivity contribution in [2.45, 2.75) is 0 Å². The fourth-order valence-electron chi connectivity index (χ4n) is 8.57. The summed E-state index contributed by atoms with van der Waals surface area (Å²) in [5.74, 6) is 0. The molecule has 2 aromatic heterocycles. The Kier molecular flexibility index (Phi) is 5.25. The maximum Gasteiger partial charge on any atom is 0.137 e. The Hall–Kier alpha value is -7.62. The minimum absolute atomic E-state index is 0.0309. The summed E-state index contributed by atoms with van der Waals surface area (Å²) >= 11 is 0. The van der Waals surface area contributed by atoms with Crippen LogP contribution in [0.25, 0.3) is 92.9 Å². The summed E-state index contributed by atoms with van der Waals surface area (Å²) in [6.07, 6.45) is 0. The second-order valence-corrected chi connectivity index (χ2v) is 14.2. The molecule has 0 unspecified atom stereocenters. The van der Waals surface area contributed by atoms with Gasteiger partial charge in [0.1, 0.15) is 11.2 Å². The minimum atomic E-state index is -0.564. The molecule has 3 heteroatoms. The molecule has 0 saturated carbocycles. The predicted molar refractivity (Wildman–Crippen MR) is 241 cm³/mol. The van der Waals surface area contributed by atoms with E-state index in [2.05, 4.69) is 95.6 Å². The Morgan fingerprint density at radius 1 is 0.456 bits per heavy atom. The summed E-state index contributed by atoms with van der Waals surface area (Å²) in [6, 6.07) is 46.2. The molecule has 2 heterocycles. The zero-order valence-corrected chi connectivity index (χ0v) is 30.2. The number of fused-ring (bicyclic) bond motifs is 11. The van der Waals surface area contributed by atoms with Crippen molar-refractivity contribution in [2.75, 3.05) is 4.90 Å². The normalized spacial score (nSPS) is 14.1. The number of nitrogens with zero attached hydrogens (tertiary/aromatic N) is 2. The van der Waals surface area contributed by atoms with Crippen LogP contribution in [0.2, 0.25) is 0 Å². The van der Waals surface area contributed by atoms with Crippen LogP contribution < -0.4 is 4.90 Å². The van der Waals surface area contributed by atoms with Crippen LogP contribution in [0.1, 0.15) is 12.3 Å². The van der Waals surface area contributed by atoms with Crippen LogP contribution in [-0.4, -0.2) is 4.57 Å². The lowest BCUT2D eigenvalue weighted by Gasteiger charge is -2.26. The molecule has 0 spiro atoms. The van der Waals surface area contributed by atoms with E-state index in [1.165, 1.54) is 0 Å². The van der Waals surface area contributed by atoms with Crippen LogP contribution in [0.4, 0.5) is 17.1 Å². The summed E-state index contributed by atoms with van der Waals surface area (Å²) < 4.78 is 90.2. The standard InChI is InChI=1S/C54H34N2O/c1-3-14-39(15-4-1)55(41-30-27-36-26-25-35-13-7-8-18-42(35)46(36)34-41)49-23-12-24-50-54(49)53-44-31-28-37(33-38(44)29-32-51(53)57-50)43-20-11-22-48-52(43)45-19-9-10-21-47(45)56(48)40-16-5-2-6-17-40/h1-34H/i7D,8D,13D,18D,25D,26D,27D,30D,34D. The lowest BCUT2D eigenvalue weighted by atomic mass is 9.95. The van der Waals surface area contributed by atoms with E-state index >= 15 is 0 Å². The van der Waals surface area contributed by atoms with Crippen molar-refractivity contribution in [3.63, 3.8) is 0 Å². The van der Waals surface area contributed by atoms with Crippen molar-refractivity contribution >= 4 is 93.1 Å². The maximum absolute atomic E-state index is 9.91. The second-order valence-electron chi connectivity index (χ2n) is 14.2. The van der Waals surface area contributed by atoms with Crippen LogP contribution in [0.5, 0.6) is 0 Å².